The van der Waals surface area contributed by atoms with Crippen LogP contribution >= 0.6 is 0 Å². The zero-order valence-corrected chi connectivity index (χ0v) is 26.4. The maximum absolute atomic E-state index is 5.12. The number of amidine groups is 1. The molecule has 5 nitrogen and oxygen atoms in total. The van der Waals surface area contributed by atoms with Crippen LogP contribution in [0.5, 0.6) is 0 Å². The zero-order valence-electron chi connectivity index (χ0n) is 26.4. The van der Waals surface area contributed by atoms with E-state index < -0.39 is 0 Å². The predicted octanol–water partition coefficient (Wildman–Crippen LogP) is 9.73. The molecule has 2 aromatic heterocycles. The third-order valence-corrected chi connectivity index (χ3v) is 9.94. The summed E-state index contributed by atoms with van der Waals surface area (Å²) in [4.78, 5) is 2.29. The van der Waals surface area contributed by atoms with Crippen molar-refractivity contribution in [3.63, 3.8) is 0 Å². The van der Waals surface area contributed by atoms with Crippen LogP contribution in [-0.4, -0.2) is 38.1 Å². The first-order valence-corrected chi connectivity index (χ1v) is 16.4. The lowest BCUT2D eigenvalue weighted by atomic mass is 9.97. The Morgan fingerprint density at radius 1 is 0.500 bits per heavy atom. The largest absolute Gasteiger partial charge is 0.332 e. The van der Waals surface area contributed by atoms with Crippen LogP contribution in [0.3, 0.4) is 0 Å². The lowest BCUT2D eigenvalue weighted by Crippen LogP contribution is -2.39. The number of allylic oxidation sites excluding steroid dienone is 2. The number of para-hydroxylation sites is 4. The first kappa shape index (κ1) is 26.8. The van der Waals surface area contributed by atoms with Crippen molar-refractivity contribution in [2.24, 2.45) is 5.10 Å². The van der Waals surface area contributed by atoms with Gasteiger partial charge in [-0.15, -0.1) is 0 Å². The molecule has 0 bridgehead atoms. The van der Waals surface area contributed by atoms with E-state index >= 15 is 0 Å². The number of hydrazone groups is 1. The highest BCUT2D eigenvalue weighted by Crippen LogP contribution is 2.38. The number of rotatable bonds is 4. The standard InChI is InChI=1S/C43H31N5/c1-45-42(29-21-24-32(25-22-29)48-38-18-8-5-14-34(38)35-15-6-9-19-39(35)48)44-46-27-11-17-33(43(45)46)30-23-26-41-37(28-30)36-16-7-10-20-40(36)47(41)31-12-3-2-4-13-31/h2-28,43H,1H3. The lowest BCUT2D eigenvalue weighted by molar-refractivity contribution is 0.262. The van der Waals surface area contributed by atoms with Crippen LogP contribution in [0.1, 0.15) is 11.1 Å². The Labute approximate surface area is 278 Å². The summed E-state index contributed by atoms with van der Waals surface area (Å²) in [7, 11) is 2.15. The summed E-state index contributed by atoms with van der Waals surface area (Å²) in [5, 5.41) is 12.2. The van der Waals surface area contributed by atoms with Crippen molar-refractivity contribution in [1.82, 2.24) is 19.0 Å². The minimum atomic E-state index is -0.0399. The van der Waals surface area contributed by atoms with E-state index in [9.17, 15) is 0 Å². The van der Waals surface area contributed by atoms with E-state index in [2.05, 4.69) is 190 Å². The van der Waals surface area contributed by atoms with E-state index in [0.717, 1.165) is 17.1 Å². The Morgan fingerprint density at radius 2 is 1.02 bits per heavy atom. The Morgan fingerprint density at radius 3 is 1.67 bits per heavy atom. The first-order chi connectivity index (χ1) is 23.7. The molecule has 0 radical (unpaired) electrons. The third kappa shape index (κ3) is 3.88. The molecule has 2 aliphatic rings. The molecule has 0 spiro atoms. The second-order valence-corrected chi connectivity index (χ2v) is 12.6. The van der Waals surface area contributed by atoms with Gasteiger partial charge in [-0.25, -0.2) is 5.01 Å². The molecular weight excluding hydrogens is 587 g/mol. The Bertz CT molecular complexity index is 2580. The van der Waals surface area contributed by atoms with Crippen molar-refractivity contribution in [2.45, 2.75) is 6.17 Å². The lowest BCUT2D eigenvalue weighted by Gasteiger charge is -2.31. The van der Waals surface area contributed by atoms with Gasteiger partial charge < -0.3 is 14.0 Å². The van der Waals surface area contributed by atoms with E-state index in [1.54, 1.807) is 0 Å². The van der Waals surface area contributed by atoms with Gasteiger partial charge in [0.1, 0.15) is 0 Å². The fraction of sp³-hybridized carbons (Fsp3) is 0.0465. The van der Waals surface area contributed by atoms with Crippen molar-refractivity contribution in [1.29, 1.82) is 0 Å². The van der Waals surface area contributed by atoms with E-state index in [4.69, 9.17) is 5.10 Å². The molecular formula is C43H31N5. The summed E-state index contributed by atoms with van der Waals surface area (Å²) < 4.78 is 4.72. The average molecular weight is 618 g/mol. The van der Waals surface area contributed by atoms with E-state index in [1.807, 2.05) is 0 Å². The van der Waals surface area contributed by atoms with E-state index in [-0.39, 0.29) is 6.17 Å². The van der Waals surface area contributed by atoms with Gasteiger partial charge in [-0.2, -0.15) is 5.10 Å². The van der Waals surface area contributed by atoms with Gasteiger partial charge in [0.25, 0.3) is 0 Å². The number of fused-ring (bicyclic) bond motifs is 7. The van der Waals surface area contributed by atoms with Crippen LogP contribution in [0.4, 0.5) is 0 Å². The molecule has 2 aliphatic heterocycles. The van der Waals surface area contributed by atoms with E-state index in [1.165, 1.54) is 60.4 Å². The molecule has 10 rings (SSSR count). The van der Waals surface area contributed by atoms with Crippen LogP contribution in [0.25, 0.3) is 60.6 Å². The topological polar surface area (TPSA) is 28.7 Å². The van der Waals surface area contributed by atoms with Gasteiger partial charge >= 0.3 is 0 Å². The number of nitrogens with zero attached hydrogens (tertiary/aromatic N) is 5. The number of likely N-dealkylation sites (N-methyl/N-ethyl adjacent to an activating group) is 1. The number of hydrogen-bond acceptors (Lipinski definition) is 3. The maximum atomic E-state index is 5.12. The second kappa shape index (κ2) is 10.3. The first-order valence-electron chi connectivity index (χ1n) is 16.4. The molecule has 0 fully saturated rings. The molecule has 6 aromatic carbocycles. The Hall–Kier alpha value is -6.33. The summed E-state index contributed by atoms with van der Waals surface area (Å²) in [6.45, 7) is 0. The number of hydrogen-bond donors (Lipinski definition) is 0. The Kier molecular flexibility index (Phi) is 5.78. The molecule has 1 atom stereocenters. The van der Waals surface area contributed by atoms with Crippen LogP contribution in [0.2, 0.25) is 0 Å². The number of benzene rings is 6. The van der Waals surface area contributed by atoms with Gasteiger partial charge in [-0.1, -0.05) is 84.9 Å². The molecule has 0 N–H and O–H groups in total. The fourth-order valence-corrected chi connectivity index (χ4v) is 7.79. The van der Waals surface area contributed by atoms with Gasteiger partial charge in [0, 0.05) is 57.3 Å². The van der Waals surface area contributed by atoms with Gasteiger partial charge in [-0.3, -0.25) is 0 Å². The minimum absolute atomic E-state index is 0.0399. The smallest absolute Gasteiger partial charge is 0.158 e. The summed E-state index contributed by atoms with van der Waals surface area (Å²) in [5.41, 5.74) is 10.6. The highest BCUT2D eigenvalue weighted by Gasteiger charge is 2.36. The molecule has 0 saturated heterocycles. The Balaban J connectivity index is 1.01. The third-order valence-electron chi connectivity index (χ3n) is 9.94. The monoisotopic (exact) mass is 617 g/mol. The molecule has 228 valence electrons. The average Bonchev–Trinajstić information content (AvgIpc) is 3.79. The minimum Gasteiger partial charge on any atom is -0.332 e. The van der Waals surface area contributed by atoms with Gasteiger partial charge in [0.2, 0.25) is 0 Å². The highest BCUT2D eigenvalue weighted by atomic mass is 15.6. The van der Waals surface area contributed by atoms with Crippen LogP contribution in [0, 0.1) is 0 Å². The quantitative estimate of drug-likeness (QED) is 0.197. The number of aromatic nitrogens is 2. The van der Waals surface area contributed by atoms with Crippen molar-refractivity contribution in [3.8, 4) is 11.4 Å². The zero-order chi connectivity index (χ0) is 31.8. The van der Waals surface area contributed by atoms with E-state index in [0.29, 0.717) is 0 Å². The summed E-state index contributed by atoms with van der Waals surface area (Å²) >= 11 is 0. The van der Waals surface area contributed by atoms with Gasteiger partial charge in [-0.05, 0) is 78.4 Å². The molecule has 0 aliphatic carbocycles. The van der Waals surface area contributed by atoms with Crippen molar-refractivity contribution >= 4 is 55.0 Å². The maximum Gasteiger partial charge on any atom is 0.158 e. The second-order valence-electron chi connectivity index (χ2n) is 12.6. The predicted molar refractivity (Wildman–Crippen MR) is 199 cm³/mol. The van der Waals surface area contributed by atoms with Crippen LogP contribution in [0.15, 0.2) is 169 Å². The normalized spacial score (nSPS) is 15.9. The molecule has 5 heteroatoms. The molecule has 0 amide bonds. The van der Waals surface area contributed by atoms with Gasteiger partial charge in [0.05, 0.1) is 22.1 Å². The molecule has 8 aromatic rings. The molecule has 1 unspecified atom stereocenters. The highest BCUT2D eigenvalue weighted by molar-refractivity contribution is 6.11. The SMILES string of the molecule is CN1C(c2ccc(-n3c4ccccc4c4ccccc43)cc2)=NN2C=CC=C(c3ccc4c(c3)c3ccccc3n4-c3ccccc3)C21. The molecule has 4 heterocycles. The van der Waals surface area contributed by atoms with Crippen LogP contribution < -0.4 is 0 Å². The molecule has 0 saturated carbocycles. The summed E-state index contributed by atoms with van der Waals surface area (Å²) in [6, 6.07) is 52.3. The van der Waals surface area contributed by atoms with Crippen LogP contribution in [-0.2, 0) is 0 Å². The van der Waals surface area contributed by atoms with Crippen molar-refractivity contribution in [2.75, 3.05) is 7.05 Å². The van der Waals surface area contributed by atoms with Crippen molar-refractivity contribution < 1.29 is 0 Å². The fourth-order valence-electron chi connectivity index (χ4n) is 7.79. The summed E-state index contributed by atoms with van der Waals surface area (Å²) in [6.07, 6.45) is 6.37. The summed E-state index contributed by atoms with van der Waals surface area (Å²) in [5.74, 6) is 0.952. The van der Waals surface area contributed by atoms with Crippen molar-refractivity contribution in [3.05, 3.63) is 175 Å². The van der Waals surface area contributed by atoms with Gasteiger partial charge in [0.15, 0.2) is 12.0 Å². The molecule has 48 heavy (non-hydrogen) atoms.